The number of carbonyl (C=O) groups excluding carboxylic acids is 2. The maximum atomic E-state index is 10.7. The molecule has 2 amide bonds. The fourth-order valence-corrected chi connectivity index (χ4v) is 1.75. The third-order valence-corrected chi connectivity index (χ3v) is 2.47. The molecule has 0 unspecified atom stereocenters. The zero-order valence-electron chi connectivity index (χ0n) is 7.45. The maximum absolute atomic E-state index is 10.7. The Hall–Kier alpha value is -1.40. The van der Waals surface area contributed by atoms with Gasteiger partial charge in [0.2, 0.25) is 11.8 Å². The highest BCUT2D eigenvalue weighted by Gasteiger charge is 2.04. The van der Waals surface area contributed by atoms with E-state index in [-0.39, 0.29) is 6.54 Å². The Morgan fingerprint density at radius 3 is 2.64 bits per heavy atom. The lowest BCUT2D eigenvalue weighted by molar-refractivity contribution is -0.117. The molecule has 0 saturated carbocycles. The predicted molar refractivity (Wildman–Crippen MR) is 53.7 cm³/mol. The highest BCUT2D eigenvalue weighted by molar-refractivity contribution is 7.10. The summed E-state index contributed by atoms with van der Waals surface area (Å²) in [6.07, 6.45) is 0. The van der Waals surface area contributed by atoms with Crippen LogP contribution in [-0.4, -0.2) is 18.4 Å². The minimum Gasteiger partial charge on any atom is -0.369 e. The Balaban J connectivity index is 2.44. The van der Waals surface area contributed by atoms with Crippen LogP contribution in [0.1, 0.15) is 15.2 Å². The van der Waals surface area contributed by atoms with Crippen LogP contribution in [0.5, 0.6) is 0 Å². The van der Waals surface area contributed by atoms with Gasteiger partial charge in [-0.05, 0) is 6.07 Å². The van der Waals surface area contributed by atoms with Crippen LogP contribution in [0.2, 0.25) is 0 Å². The van der Waals surface area contributed by atoms with E-state index >= 15 is 0 Å². The number of rotatable bonds is 5. The third kappa shape index (κ3) is 3.15. The average Bonchev–Trinajstić information content (AvgIpc) is 2.52. The van der Waals surface area contributed by atoms with Crippen LogP contribution >= 0.6 is 11.3 Å². The molecule has 0 spiro atoms. The van der Waals surface area contributed by atoms with Gasteiger partial charge in [-0.2, -0.15) is 0 Å². The van der Waals surface area contributed by atoms with Crippen molar-refractivity contribution in [2.45, 2.75) is 6.54 Å². The number of amides is 2. The predicted octanol–water partition coefficient (Wildman–Crippen LogP) is -0.578. The summed E-state index contributed by atoms with van der Waals surface area (Å²) in [5.41, 5.74) is 10.5. The standard InChI is InChI=1S/C8H11N3O2S/c9-7(12)3-11-2-6-1-5(4-14-6)8(10)13/h1,4,11H,2-3H2,(H2,9,12)(H2,10,13). The molecule has 0 saturated heterocycles. The monoisotopic (exact) mass is 213 g/mol. The normalized spacial score (nSPS) is 10.0. The van der Waals surface area contributed by atoms with Gasteiger partial charge >= 0.3 is 0 Å². The van der Waals surface area contributed by atoms with Crippen molar-refractivity contribution in [3.8, 4) is 0 Å². The van der Waals surface area contributed by atoms with Gasteiger partial charge in [-0.3, -0.25) is 9.59 Å². The number of nitrogens with two attached hydrogens (primary N) is 2. The zero-order chi connectivity index (χ0) is 10.6. The molecule has 5 N–H and O–H groups in total. The van der Waals surface area contributed by atoms with Crippen molar-refractivity contribution in [1.29, 1.82) is 0 Å². The summed E-state index contributed by atoms with van der Waals surface area (Å²) in [5.74, 6) is -0.848. The molecule has 0 aliphatic carbocycles. The Morgan fingerprint density at radius 1 is 1.43 bits per heavy atom. The number of hydrogen-bond acceptors (Lipinski definition) is 4. The molecule has 0 aromatic carbocycles. The number of thiophene rings is 1. The van der Waals surface area contributed by atoms with E-state index in [9.17, 15) is 9.59 Å². The zero-order valence-corrected chi connectivity index (χ0v) is 8.26. The van der Waals surface area contributed by atoms with E-state index in [4.69, 9.17) is 11.5 Å². The van der Waals surface area contributed by atoms with E-state index in [1.807, 2.05) is 0 Å². The van der Waals surface area contributed by atoms with Gasteiger partial charge < -0.3 is 16.8 Å². The minimum absolute atomic E-state index is 0.129. The molecule has 1 rings (SSSR count). The summed E-state index contributed by atoms with van der Waals surface area (Å²) in [6, 6.07) is 1.70. The fraction of sp³-hybridized carbons (Fsp3) is 0.250. The van der Waals surface area contributed by atoms with Crippen molar-refractivity contribution >= 4 is 23.2 Å². The molecule has 0 radical (unpaired) electrons. The number of primary amides is 2. The quantitative estimate of drug-likeness (QED) is 0.610. The van der Waals surface area contributed by atoms with E-state index in [2.05, 4.69) is 5.32 Å². The maximum Gasteiger partial charge on any atom is 0.249 e. The van der Waals surface area contributed by atoms with E-state index in [0.717, 1.165) is 4.88 Å². The second-order valence-electron chi connectivity index (χ2n) is 2.74. The fourth-order valence-electron chi connectivity index (χ4n) is 0.911. The Kier molecular flexibility index (Phi) is 3.61. The molecule has 6 heteroatoms. The SMILES string of the molecule is NC(=O)CNCc1cc(C(N)=O)cs1. The van der Waals surface area contributed by atoms with Gasteiger partial charge in [0.25, 0.3) is 0 Å². The first-order valence-corrected chi connectivity index (χ1v) is 4.84. The first-order chi connectivity index (χ1) is 6.59. The van der Waals surface area contributed by atoms with Gasteiger partial charge in [-0.15, -0.1) is 11.3 Å². The molecule has 1 heterocycles. The molecule has 1 aromatic heterocycles. The second-order valence-corrected chi connectivity index (χ2v) is 3.73. The summed E-state index contributed by atoms with van der Waals surface area (Å²) in [7, 11) is 0. The molecular formula is C8H11N3O2S. The van der Waals surface area contributed by atoms with Crippen LogP contribution in [0.4, 0.5) is 0 Å². The first kappa shape index (κ1) is 10.7. The highest BCUT2D eigenvalue weighted by Crippen LogP contribution is 2.13. The molecule has 76 valence electrons. The third-order valence-electron chi connectivity index (χ3n) is 1.54. The van der Waals surface area contributed by atoms with Gasteiger partial charge in [0.1, 0.15) is 0 Å². The Labute approximate surface area is 85.1 Å². The van der Waals surface area contributed by atoms with E-state index in [1.54, 1.807) is 11.4 Å². The van der Waals surface area contributed by atoms with Crippen LogP contribution in [0.3, 0.4) is 0 Å². The number of nitrogens with one attached hydrogen (secondary N) is 1. The van der Waals surface area contributed by atoms with Crippen LogP contribution in [0.25, 0.3) is 0 Å². The lowest BCUT2D eigenvalue weighted by atomic mass is 10.3. The van der Waals surface area contributed by atoms with Gasteiger partial charge in [0.05, 0.1) is 12.1 Å². The topological polar surface area (TPSA) is 98.2 Å². The molecule has 0 atom stereocenters. The van der Waals surface area contributed by atoms with Crippen LogP contribution in [0, 0.1) is 0 Å². The van der Waals surface area contributed by atoms with Crippen molar-refractivity contribution in [3.63, 3.8) is 0 Å². The molecule has 0 bridgehead atoms. The lowest BCUT2D eigenvalue weighted by Crippen LogP contribution is -2.27. The lowest BCUT2D eigenvalue weighted by Gasteiger charge is -1.97. The summed E-state index contributed by atoms with van der Waals surface area (Å²) in [5, 5.41) is 4.52. The average molecular weight is 213 g/mol. The largest absolute Gasteiger partial charge is 0.369 e. The van der Waals surface area contributed by atoms with Crippen molar-refractivity contribution < 1.29 is 9.59 Å². The number of hydrogen-bond donors (Lipinski definition) is 3. The van der Waals surface area contributed by atoms with Gasteiger partial charge in [-0.1, -0.05) is 0 Å². The molecule has 0 aliphatic heterocycles. The van der Waals surface area contributed by atoms with Crippen LogP contribution < -0.4 is 16.8 Å². The van der Waals surface area contributed by atoms with Gasteiger partial charge in [-0.25, -0.2) is 0 Å². The van der Waals surface area contributed by atoms with Gasteiger partial charge in [0, 0.05) is 16.8 Å². The molecule has 14 heavy (non-hydrogen) atoms. The summed E-state index contributed by atoms with van der Waals surface area (Å²) >= 11 is 1.41. The second kappa shape index (κ2) is 4.73. The minimum atomic E-state index is -0.442. The number of carbonyl (C=O) groups is 2. The van der Waals surface area contributed by atoms with Gasteiger partial charge in [0.15, 0.2) is 0 Å². The summed E-state index contributed by atoms with van der Waals surface area (Å²) in [6.45, 7) is 0.644. The van der Waals surface area contributed by atoms with Crippen molar-refractivity contribution in [2.24, 2.45) is 11.5 Å². The highest BCUT2D eigenvalue weighted by atomic mass is 32.1. The Morgan fingerprint density at radius 2 is 2.14 bits per heavy atom. The molecule has 5 nitrogen and oxygen atoms in total. The first-order valence-electron chi connectivity index (χ1n) is 3.96. The Bertz CT molecular complexity index is 348. The molecular weight excluding hydrogens is 202 g/mol. The molecule has 1 aromatic rings. The molecule has 0 fully saturated rings. The molecule has 0 aliphatic rings. The van der Waals surface area contributed by atoms with E-state index in [1.165, 1.54) is 11.3 Å². The van der Waals surface area contributed by atoms with Crippen LogP contribution in [0.15, 0.2) is 11.4 Å². The summed E-state index contributed by atoms with van der Waals surface area (Å²) in [4.78, 5) is 22.1. The summed E-state index contributed by atoms with van der Waals surface area (Å²) < 4.78 is 0. The van der Waals surface area contributed by atoms with E-state index in [0.29, 0.717) is 12.1 Å². The van der Waals surface area contributed by atoms with Crippen molar-refractivity contribution in [1.82, 2.24) is 5.32 Å². The van der Waals surface area contributed by atoms with Crippen molar-refractivity contribution in [2.75, 3.05) is 6.54 Å². The van der Waals surface area contributed by atoms with Crippen LogP contribution in [-0.2, 0) is 11.3 Å². The smallest absolute Gasteiger partial charge is 0.249 e. The van der Waals surface area contributed by atoms with E-state index < -0.39 is 11.8 Å². The van der Waals surface area contributed by atoms with Crippen molar-refractivity contribution in [3.05, 3.63) is 21.9 Å².